The predicted molar refractivity (Wildman–Crippen MR) is 104 cm³/mol. The molecule has 0 atom stereocenters. The number of carbonyl (C=O) groups excluding carboxylic acids is 1. The van der Waals surface area contributed by atoms with E-state index < -0.39 is 17.5 Å². The van der Waals surface area contributed by atoms with E-state index in [1.807, 2.05) is 44.2 Å². The minimum atomic E-state index is -1.12. The maximum atomic E-state index is 12.4. The van der Waals surface area contributed by atoms with Crippen molar-refractivity contribution in [2.24, 2.45) is 0 Å². The number of hydrogen-bond donors (Lipinski definition) is 2. The van der Waals surface area contributed by atoms with Gasteiger partial charge in [0.15, 0.2) is 11.5 Å². The first-order chi connectivity index (χ1) is 13.3. The van der Waals surface area contributed by atoms with Crippen LogP contribution in [0.5, 0.6) is 5.75 Å². The lowest BCUT2D eigenvalue weighted by atomic mass is 9.95. The minimum absolute atomic E-state index is 0.0469. The number of para-hydroxylation sites is 1. The smallest absolute Gasteiger partial charge is 0.303 e. The molecule has 0 unspecified atom stereocenters. The number of nitrogens with zero attached hydrogens (tertiary/aromatic N) is 2. The summed E-state index contributed by atoms with van der Waals surface area (Å²) in [4.78, 5) is 27.5. The van der Waals surface area contributed by atoms with E-state index in [1.165, 1.54) is 0 Å². The van der Waals surface area contributed by atoms with Crippen LogP contribution in [-0.2, 0) is 4.79 Å². The number of fused-ring (bicyclic) bond motifs is 1. The molecule has 2 aromatic carbocycles. The number of Topliss-reactive ketones (excluding diaryl/α,β-unsaturated/α-hetero) is 1. The van der Waals surface area contributed by atoms with Crippen LogP contribution in [-0.4, -0.2) is 26.9 Å². The van der Waals surface area contributed by atoms with E-state index in [4.69, 9.17) is 5.11 Å². The Balaban J connectivity index is 2.26. The fourth-order valence-corrected chi connectivity index (χ4v) is 3.06. The highest BCUT2D eigenvalue weighted by Gasteiger charge is 2.22. The van der Waals surface area contributed by atoms with Crippen LogP contribution < -0.4 is 0 Å². The molecule has 6 nitrogen and oxygen atoms in total. The lowest BCUT2D eigenvalue weighted by Crippen LogP contribution is -2.08. The van der Waals surface area contributed by atoms with Crippen molar-refractivity contribution >= 4 is 22.7 Å². The second kappa shape index (κ2) is 7.49. The molecule has 28 heavy (non-hydrogen) atoms. The first-order valence-electron chi connectivity index (χ1n) is 8.72. The predicted octanol–water partition coefficient (Wildman–Crippen LogP) is 4.14. The van der Waals surface area contributed by atoms with Gasteiger partial charge in [0, 0.05) is 17.4 Å². The Morgan fingerprint density at radius 2 is 1.86 bits per heavy atom. The molecule has 0 amide bonds. The molecule has 1 aromatic heterocycles. The third kappa shape index (κ3) is 3.42. The van der Waals surface area contributed by atoms with Gasteiger partial charge in [0.25, 0.3) is 0 Å². The van der Waals surface area contributed by atoms with Gasteiger partial charge in [0.1, 0.15) is 17.3 Å². The fourth-order valence-electron chi connectivity index (χ4n) is 3.06. The Kier molecular flexibility index (Phi) is 5.10. The standard InChI is InChI=1S/C22H18N2O4/c1-12-6-7-14(10-13(12)2)15-4-3-5-16-17(11-23)22(28)21(24-20(15)16)18(25)8-9-19(26)27/h3-7,10,28H,8-9H2,1-2H3,(H,26,27). The van der Waals surface area contributed by atoms with Crippen LogP contribution in [0.1, 0.15) is 40.0 Å². The van der Waals surface area contributed by atoms with E-state index in [2.05, 4.69) is 4.98 Å². The lowest BCUT2D eigenvalue weighted by molar-refractivity contribution is -0.136. The van der Waals surface area contributed by atoms with Crippen molar-refractivity contribution in [2.75, 3.05) is 0 Å². The number of carboxylic acid groups (broad SMARTS) is 1. The van der Waals surface area contributed by atoms with E-state index in [9.17, 15) is 20.0 Å². The van der Waals surface area contributed by atoms with E-state index in [1.54, 1.807) is 12.1 Å². The number of benzene rings is 2. The van der Waals surface area contributed by atoms with Gasteiger partial charge in [0.2, 0.25) is 0 Å². The molecule has 0 saturated carbocycles. The molecule has 3 aromatic rings. The second-order valence-corrected chi connectivity index (χ2v) is 6.61. The summed E-state index contributed by atoms with van der Waals surface area (Å²) in [7, 11) is 0. The molecule has 6 heteroatoms. The molecule has 0 aliphatic rings. The maximum absolute atomic E-state index is 12.4. The summed E-state index contributed by atoms with van der Waals surface area (Å²) in [6, 6.07) is 13.1. The highest BCUT2D eigenvalue weighted by atomic mass is 16.4. The Labute approximate surface area is 161 Å². The third-order valence-electron chi connectivity index (χ3n) is 4.75. The van der Waals surface area contributed by atoms with Gasteiger partial charge < -0.3 is 10.2 Å². The van der Waals surface area contributed by atoms with E-state index in [-0.39, 0.29) is 24.1 Å². The maximum Gasteiger partial charge on any atom is 0.303 e. The van der Waals surface area contributed by atoms with Gasteiger partial charge in [-0.05, 0) is 30.5 Å². The minimum Gasteiger partial charge on any atom is -0.504 e. The van der Waals surface area contributed by atoms with Crippen molar-refractivity contribution < 1.29 is 19.8 Å². The zero-order chi connectivity index (χ0) is 20.4. The van der Waals surface area contributed by atoms with Gasteiger partial charge in [-0.3, -0.25) is 9.59 Å². The lowest BCUT2D eigenvalue weighted by Gasteiger charge is -2.12. The molecule has 0 saturated heterocycles. The van der Waals surface area contributed by atoms with Crippen molar-refractivity contribution in [3.05, 3.63) is 58.8 Å². The number of aliphatic carboxylic acids is 1. The number of carboxylic acids is 1. The van der Waals surface area contributed by atoms with Crippen molar-refractivity contribution in [3.63, 3.8) is 0 Å². The number of rotatable bonds is 5. The Hall–Kier alpha value is -3.72. The molecule has 0 fully saturated rings. The van der Waals surface area contributed by atoms with Crippen molar-refractivity contribution in [1.29, 1.82) is 5.26 Å². The van der Waals surface area contributed by atoms with E-state index >= 15 is 0 Å². The van der Waals surface area contributed by atoms with Crippen LogP contribution in [0.4, 0.5) is 0 Å². The molecular formula is C22H18N2O4. The largest absolute Gasteiger partial charge is 0.504 e. The number of pyridine rings is 1. The number of aryl methyl sites for hydroxylation is 2. The molecule has 0 radical (unpaired) electrons. The monoisotopic (exact) mass is 374 g/mol. The summed E-state index contributed by atoms with van der Waals surface area (Å²) in [5.41, 5.74) is 3.92. The van der Waals surface area contributed by atoms with Crippen molar-refractivity contribution in [2.45, 2.75) is 26.7 Å². The van der Waals surface area contributed by atoms with Crippen LogP contribution in [0.3, 0.4) is 0 Å². The fraction of sp³-hybridized carbons (Fsp3) is 0.182. The summed E-state index contributed by atoms with van der Waals surface area (Å²) in [5.74, 6) is -2.25. The van der Waals surface area contributed by atoms with Crippen LogP contribution in [0.2, 0.25) is 0 Å². The number of carbonyl (C=O) groups is 2. The average Bonchev–Trinajstić information content (AvgIpc) is 2.67. The summed E-state index contributed by atoms with van der Waals surface area (Å²) in [5, 5.41) is 29.2. The molecule has 2 N–H and O–H groups in total. The van der Waals surface area contributed by atoms with Gasteiger partial charge in [0.05, 0.1) is 11.9 Å². The van der Waals surface area contributed by atoms with Crippen LogP contribution in [0.15, 0.2) is 36.4 Å². The van der Waals surface area contributed by atoms with E-state index in [0.29, 0.717) is 10.9 Å². The van der Waals surface area contributed by atoms with Crippen LogP contribution >= 0.6 is 0 Å². The first-order valence-corrected chi connectivity index (χ1v) is 8.72. The summed E-state index contributed by atoms with van der Waals surface area (Å²) < 4.78 is 0. The zero-order valence-electron chi connectivity index (χ0n) is 15.5. The van der Waals surface area contributed by atoms with Crippen LogP contribution in [0, 0.1) is 25.2 Å². The van der Waals surface area contributed by atoms with Crippen molar-refractivity contribution in [3.8, 4) is 22.9 Å². The Bertz CT molecular complexity index is 1160. The SMILES string of the molecule is Cc1ccc(-c2cccc3c(C#N)c(O)c(C(=O)CCC(=O)O)nc23)cc1C. The number of hydrogen-bond acceptors (Lipinski definition) is 5. The third-order valence-corrected chi connectivity index (χ3v) is 4.75. The van der Waals surface area contributed by atoms with Gasteiger partial charge in [-0.25, -0.2) is 4.98 Å². The number of nitriles is 1. The second-order valence-electron chi connectivity index (χ2n) is 6.61. The summed E-state index contributed by atoms with van der Waals surface area (Å²) in [6.07, 6.45) is -0.684. The van der Waals surface area contributed by atoms with Gasteiger partial charge in [-0.15, -0.1) is 0 Å². The average molecular weight is 374 g/mol. The molecule has 0 spiro atoms. The topological polar surface area (TPSA) is 111 Å². The molecule has 0 aliphatic heterocycles. The zero-order valence-corrected chi connectivity index (χ0v) is 15.5. The van der Waals surface area contributed by atoms with E-state index in [0.717, 1.165) is 22.3 Å². The Morgan fingerprint density at radius 1 is 1.11 bits per heavy atom. The molecule has 0 bridgehead atoms. The molecule has 1 heterocycles. The number of ketones is 1. The van der Waals surface area contributed by atoms with Gasteiger partial charge >= 0.3 is 5.97 Å². The summed E-state index contributed by atoms with van der Waals surface area (Å²) >= 11 is 0. The molecule has 3 rings (SSSR count). The molecule has 140 valence electrons. The van der Waals surface area contributed by atoms with Gasteiger partial charge in [-0.2, -0.15) is 5.26 Å². The molecule has 0 aliphatic carbocycles. The molecular weight excluding hydrogens is 356 g/mol. The normalized spacial score (nSPS) is 10.6. The van der Waals surface area contributed by atoms with Gasteiger partial charge in [-0.1, -0.05) is 36.4 Å². The summed E-state index contributed by atoms with van der Waals surface area (Å²) in [6.45, 7) is 4.00. The first kappa shape index (κ1) is 19.1. The number of aromatic hydroxyl groups is 1. The quantitative estimate of drug-likeness (QED) is 0.649. The van der Waals surface area contributed by atoms with Crippen molar-refractivity contribution in [1.82, 2.24) is 4.98 Å². The highest BCUT2D eigenvalue weighted by Crippen LogP contribution is 2.35. The van der Waals surface area contributed by atoms with Crippen LogP contribution in [0.25, 0.3) is 22.0 Å². The Morgan fingerprint density at radius 3 is 2.50 bits per heavy atom. The highest BCUT2D eigenvalue weighted by molar-refractivity contribution is 6.05. The number of aromatic nitrogens is 1.